The highest BCUT2D eigenvalue weighted by Gasteiger charge is 2.23. The van der Waals surface area contributed by atoms with E-state index in [9.17, 15) is 0 Å². The first-order valence-electron chi connectivity index (χ1n) is 8.87. The number of rotatable bonds is 7. The number of benzene rings is 1. The fourth-order valence-electron chi connectivity index (χ4n) is 3.24. The Balaban J connectivity index is 1.53. The van der Waals surface area contributed by atoms with E-state index in [0.717, 1.165) is 41.9 Å². The Kier molecular flexibility index (Phi) is 5.71. The van der Waals surface area contributed by atoms with Gasteiger partial charge in [0.15, 0.2) is 0 Å². The van der Waals surface area contributed by atoms with E-state index in [-0.39, 0.29) is 5.28 Å². The zero-order valence-electron chi connectivity index (χ0n) is 15.0. The summed E-state index contributed by atoms with van der Waals surface area (Å²) < 4.78 is 13.9. The lowest BCUT2D eigenvalue weighted by molar-refractivity contribution is 0.258. The molecule has 3 heterocycles. The molecule has 0 aliphatic carbocycles. The van der Waals surface area contributed by atoms with Crippen LogP contribution in [0.5, 0.6) is 5.75 Å². The topological polar surface area (TPSA) is 63.4 Å². The van der Waals surface area contributed by atoms with Gasteiger partial charge in [-0.15, -0.1) is 0 Å². The molecule has 3 aromatic rings. The van der Waals surface area contributed by atoms with Gasteiger partial charge in [0.05, 0.1) is 19.4 Å². The van der Waals surface area contributed by atoms with E-state index in [2.05, 4.69) is 25.8 Å². The predicted molar refractivity (Wildman–Crippen MR) is 109 cm³/mol. The molecular weight excluding hydrogens is 384 g/mol. The van der Waals surface area contributed by atoms with Crippen molar-refractivity contribution in [3.05, 3.63) is 47.6 Å². The van der Waals surface area contributed by atoms with Crippen LogP contribution < -0.4 is 10.1 Å². The molecule has 6 nitrogen and oxygen atoms in total. The number of hydrogen-bond donors (Lipinski definition) is 1. The first-order valence-corrected chi connectivity index (χ1v) is 10.4. The first kappa shape index (κ1) is 18.4. The Labute approximate surface area is 167 Å². The number of ether oxygens (including phenoxy) is 1. The second-order valence-electron chi connectivity index (χ2n) is 6.46. The minimum absolute atomic E-state index is 0.190. The standard InChI is InChI=1S/C19H21ClN4O2S/c1-27-24-8-7-13(11-24)12-26-16-6-2-5-15-17(16)22-19(20)23-18(15)21-10-14-4-3-9-25-14/h2-6,9,13H,7-8,10-12H2,1H3,(H,21,22,23). The van der Waals surface area contributed by atoms with Gasteiger partial charge in [-0.3, -0.25) is 4.31 Å². The lowest BCUT2D eigenvalue weighted by Crippen LogP contribution is -2.16. The number of nitrogens with zero attached hydrogens (tertiary/aromatic N) is 3. The van der Waals surface area contributed by atoms with Crippen molar-refractivity contribution in [2.45, 2.75) is 13.0 Å². The van der Waals surface area contributed by atoms with Gasteiger partial charge >= 0.3 is 0 Å². The molecule has 1 N–H and O–H groups in total. The molecule has 0 bridgehead atoms. The molecule has 0 saturated carbocycles. The van der Waals surface area contributed by atoms with Gasteiger partial charge in [-0.1, -0.05) is 18.0 Å². The molecule has 1 aromatic carbocycles. The summed E-state index contributed by atoms with van der Waals surface area (Å²) in [4.78, 5) is 8.75. The maximum atomic E-state index is 6.17. The molecule has 142 valence electrons. The fraction of sp³-hybridized carbons (Fsp3) is 0.368. The second kappa shape index (κ2) is 8.37. The molecule has 1 fully saturated rings. The SMILES string of the molecule is CSN1CCC(COc2cccc3c(NCc4ccco4)nc(Cl)nc23)C1. The first-order chi connectivity index (χ1) is 13.2. The molecule has 1 aliphatic heterocycles. The van der Waals surface area contributed by atoms with Crippen LogP contribution in [-0.2, 0) is 6.54 Å². The molecule has 0 spiro atoms. The van der Waals surface area contributed by atoms with Crippen LogP contribution in [0.25, 0.3) is 10.9 Å². The summed E-state index contributed by atoms with van der Waals surface area (Å²) in [6.45, 7) is 3.36. The van der Waals surface area contributed by atoms with Crippen LogP contribution in [0.3, 0.4) is 0 Å². The van der Waals surface area contributed by atoms with E-state index in [1.165, 1.54) is 0 Å². The zero-order chi connectivity index (χ0) is 18.6. The van der Waals surface area contributed by atoms with Crippen molar-refractivity contribution in [1.82, 2.24) is 14.3 Å². The highest BCUT2D eigenvalue weighted by Crippen LogP contribution is 2.31. The third-order valence-electron chi connectivity index (χ3n) is 4.65. The maximum Gasteiger partial charge on any atom is 0.225 e. The van der Waals surface area contributed by atoms with Crippen LogP contribution in [0.4, 0.5) is 5.82 Å². The normalized spacial score (nSPS) is 17.5. The van der Waals surface area contributed by atoms with E-state index < -0.39 is 0 Å². The van der Waals surface area contributed by atoms with Crippen molar-refractivity contribution in [1.29, 1.82) is 0 Å². The highest BCUT2D eigenvalue weighted by molar-refractivity contribution is 7.96. The van der Waals surface area contributed by atoms with Gasteiger partial charge in [0.1, 0.15) is 22.8 Å². The van der Waals surface area contributed by atoms with Crippen molar-refractivity contribution >= 4 is 40.3 Å². The van der Waals surface area contributed by atoms with E-state index in [1.807, 2.05) is 30.3 Å². The summed E-state index contributed by atoms with van der Waals surface area (Å²) in [5, 5.41) is 4.34. The average Bonchev–Trinajstić information content (AvgIpc) is 3.36. The molecule has 1 saturated heterocycles. The molecule has 27 heavy (non-hydrogen) atoms. The lowest BCUT2D eigenvalue weighted by Gasteiger charge is -2.15. The van der Waals surface area contributed by atoms with Gasteiger partial charge in [-0.25, -0.2) is 9.97 Å². The number of para-hydroxylation sites is 1. The summed E-state index contributed by atoms with van der Waals surface area (Å²) in [6.07, 6.45) is 4.91. The van der Waals surface area contributed by atoms with Crippen LogP contribution >= 0.6 is 23.5 Å². The van der Waals surface area contributed by atoms with E-state index in [1.54, 1.807) is 18.2 Å². The summed E-state index contributed by atoms with van der Waals surface area (Å²) in [5.74, 6) is 2.76. The van der Waals surface area contributed by atoms with E-state index >= 15 is 0 Å². The van der Waals surface area contributed by atoms with Crippen molar-refractivity contribution < 1.29 is 9.15 Å². The molecular formula is C19H21ClN4O2S. The fourth-order valence-corrected chi connectivity index (χ4v) is 4.06. The molecule has 8 heteroatoms. The summed E-state index contributed by atoms with van der Waals surface area (Å²) in [6, 6.07) is 9.62. The van der Waals surface area contributed by atoms with Gasteiger partial charge < -0.3 is 14.5 Å². The number of anilines is 1. The molecule has 1 unspecified atom stereocenters. The number of nitrogens with one attached hydrogen (secondary N) is 1. The van der Waals surface area contributed by atoms with Gasteiger partial charge in [0, 0.05) is 24.4 Å². The zero-order valence-corrected chi connectivity index (χ0v) is 16.6. The smallest absolute Gasteiger partial charge is 0.225 e. The number of aromatic nitrogens is 2. The minimum atomic E-state index is 0.190. The lowest BCUT2D eigenvalue weighted by atomic mass is 10.1. The number of furan rings is 1. The van der Waals surface area contributed by atoms with Crippen molar-refractivity contribution in [3.63, 3.8) is 0 Å². The van der Waals surface area contributed by atoms with E-state index in [0.29, 0.717) is 24.9 Å². The van der Waals surface area contributed by atoms with Crippen molar-refractivity contribution in [2.24, 2.45) is 5.92 Å². The van der Waals surface area contributed by atoms with Crippen molar-refractivity contribution in [2.75, 3.05) is 31.3 Å². The Morgan fingerprint density at radius 3 is 3.04 bits per heavy atom. The number of halogens is 1. The monoisotopic (exact) mass is 404 g/mol. The Bertz CT molecular complexity index is 906. The minimum Gasteiger partial charge on any atom is -0.491 e. The third kappa shape index (κ3) is 4.31. The van der Waals surface area contributed by atoms with Crippen LogP contribution in [0.15, 0.2) is 41.0 Å². The highest BCUT2D eigenvalue weighted by atomic mass is 35.5. The van der Waals surface area contributed by atoms with Crippen molar-refractivity contribution in [3.8, 4) is 5.75 Å². The third-order valence-corrected chi connectivity index (χ3v) is 5.67. The molecule has 1 atom stereocenters. The maximum absolute atomic E-state index is 6.17. The Morgan fingerprint density at radius 1 is 1.33 bits per heavy atom. The predicted octanol–water partition coefficient (Wildman–Crippen LogP) is 4.47. The molecule has 1 aliphatic rings. The largest absolute Gasteiger partial charge is 0.491 e. The summed E-state index contributed by atoms with van der Waals surface area (Å²) in [5.41, 5.74) is 0.721. The van der Waals surface area contributed by atoms with Gasteiger partial charge in [0.25, 0.3) is 0 Å². The number of hydrogen-bond acceptors (Lipinski definition) is 7. The van der Waals surface area contributed by atoms with Gasteiger partial charge in [-0.2, -0.15) is 0 Å². The van der Waals surface area contributed by atoms with Crippen LogP contribution in [-0.4, -0.2) is 40.2 Å². The van der Waals surface area contributed by atoms with E-state index in [4.69, 9.17) is 20.8 Å². The van der Waals surface area contributed by atoms with Crippen LogP contribution in [0, 0.1) is 5.92 Å². The summed E-state index contributed by atoms with van der Waals surface area (Å²) in [7, 11) is 0. The summed E-state index contributed by atoms with van der Waals surface area (Å²) >= 11 is 7.96. The Hall–Kier alpha value is -1.96. The molecule has 0 radical (unpaired) electrons. The number of fused-ring (bicyclic) bond motifs is 1. The average molecular weight is 405 g/mol. The van der Waals surface area contributed by atoms with Gasteiger partial charge in [0.2, 0.25) is 5.28 Å². The molecule has 4 rings (SSSR count). The molecule has 2 aromatic heterocycles. The Morgan fingerprint density at radius 2 is 2.26 bits per heavy atom. The van der Waals surface area contributed by atoms with Crippen LogP contribution in [0.2, 0.25) is 5.28 Å². The molecule has 0 amide bonds. The second-order valence-corrected chi connectivity index (χ2v) is 7.68. The van der Waals surface area contributed by atoms with Gasteiger partial charge in [-0.05, 0) is 48.5 Å². The van der Waals surface area contributed by atoms with Crippen LogP contribution in [0.1, 0.15) is 12.2 Å². The quantitative estimate of drug-likeness (QED) is 0.460.